The molecular formula is C61H94O6. The molecule has 0 spiro atoms. The van der Waals surface area contributed by atoms with Crippen molar-refractivity contribution >= 4 is 17.9 Å². The van der Waals surface area contributed by atoms with Crippen LogP contribution in [0.2, 0.25) is 0 Å². The number of unbranched alkanes of at least 4 members (excludes halogenated alkanes) is 10. The second kappa shape index (κ2) is 53.9. The van der Waals surface area contributed by atoms with Crippen molar-refractivity contribution in [3.63, 3.8) is 0 Å². The van der Waals surface area contributed by atoms with Crippen LogP contribution in [0.15, 0.2) is 146 Å². The molecule has 0 aliphatic heterocycles. The first-order chi connectivity index (χ1) is 33.0. The summed E-state index contributed by atoms with van der Waals surface area (Å²) in [4.78, 5) is 38.0. The fourth-order valence-electron chi connectivity index (χ4n) is 6.45. The molecule has 0 radical (unpaired) electrons. The maximum absolute atomic E-state index is 12.8. The van der Waals surface area contributed by atoms with Crippen molar-refractivity contribution in [3.05, 3.63) is 146 Å². The molecule has 6 heteroatoms. The third kappa shape index (κ3) is 52.1. The minimum atomic E-state index is -0.848. The molecule has 0 amide bonds. The third-order valence-corrected chi connectivity index (χ3v) is 10.3. The van der Waals surface area contributed by atoms with Crippen LogP contribution >= 0.6 is 0 Å². The lowest BCUT2D eigenvalue weighted by Gasteiger charge is -2.18. The molecule has 67 heavy (non-hydrogen) atoms. The van der Waals surface area contributed by atoms with E-state index in [2.05, 4.69) is 142 Å². The van der Waals surface area contributed by atoms with Gasteiger partial charge in [0, 0.05) is 19.3 Å². The van der Waals surface area contributed by atoms with Crippen molar-refractivity contribution in [3.8, 4) is 0 Å². The molecule has 1 atom stereocenters. The lowest BCUT2D eigenvalue weighted by Crippen LogP contribution is -2.30. The number of hydrogen-bond donors (Lipinski definition) is 0. The van der Waals surface area contributed by atoms with E-state index in [0.717, 1.165) is 103 Å². The Labute approximate surface area is 410 Å². The molecule has 0 aliphatic rings. The molecule has 1 unspecified atom stereocenters. The molecule has 0 aromatic carbocycles. The topological polar surface area (TPSA) is 78.9 Å². The van der Waals surface area contributed by atoms with Gasteiger partial charge in [-0.2, -0.15) is 0 Å². The van der Waals surface area contributed by atoms with E-state index in [1.165, 1.54) is 44.9 Å². The Balaban J connectivity index is 4.61. The van der Waals surface area contributed by atoms with E-state index in [9.17, 15) is 14.4 Å². The van der Waals surface area contributed by atoms with Gasteiger partial charge in [0.1, 0.15) is 13.2 Å². The largest absolute Gasteiger partial charge is 0.462 e. The summed E-state index contributed by atoms with van der Waals surface area (Å²) in [5.74, 6) is -1.13. The van der Waals surface area contributed by atoms with Gasteiger partial charge >= 0.3 is 17.9 Å². The van der Waals surface area contributed by atoms with E-state index in [-0.39, 0.29) is 50.4 Å². The Kier molecular flexibility index (Phi) is 50.1. The van der Waals surface area contributed by atoms with Crippen molar-refractivity contribution in [2.24, 2.45) is 0 Å². The standard InChI is InChI=1S/C61H94O6/c1-4-7-10-13-16-19-22-25-27-29-30-32-33-36-39-42-45-48-51-54-60(63)66-57-58(56-65-59(62)53-50-47-44-41-38-35-24-21-18-15-12-9-6-3)67-61(64)55-52-49-46-43-40-37-34-31-28-26-23-20-17-14-11-8-5-2/h7,9-10,12,16-21,25-28,30,32,35-36,38-39,44-45,47-48,58H,4-6,8,11,13-15,22-24,29,31,33-34,37,40-43,46,49-57H2,1-3H3/b10-7-,12-9-,19-16-,20-17-,21-18-,27-25-,28-26-,32-30-,38-35-,39-36-,47-44-,48-45-. The molecule has 0 fully saturated rings. The highest BCUT2D eigenvalue weighted by Crippen LogP contribution is 2.12. The number of rotatable bonds is 45. The van der Waals surface area contributed by atoms with Crippen LogP contribution in [-0.2, 0) is 28.6 Å². The van der Waals surface area contributed by atoms with Gasteiger partial charge in [0.25, 0.3) is 0 Å². The van der Waals surface area contributed by atoms with Crippen molar-refractivity contribution in [1.29, 1.82) is 0 Å². The first-order valence-electron chi connectivity index (χ1n) is 26.3. The van der Waals surface area contributed by atoms with E-state index in [1.807, 2.05) is 24.3 Å². The van der Waals surface area contributed by atoms with E-state index in [4.69, 9.17) is 14.2 Å². The quantitative estimate of drug-likeness (QED) is 0.0262. The lowest BCUT2D eigenvalue weighted by molar-refractivity contribution is -0.166. The summed E-state index contributed by atoms with van der Waals surface area (Å²) in [7, 11) is 0. The Hall–Kier alpha value is -4.71. The molecule has 0 aliphatic carbocycles. The molecule has 6 nitrogen and oxygen atoms in total. The summed E-state index contributed by atoms with van der Waals surface area (Å²) >= 11 is 0. The van der Waals surface area contributed by atoms with Crippen LogP contribution < -0.4 is 0 Å². The summed E-state index contributed by atoms with van der Waals surface area (Å²) in [5, 5.41) is 0. The molecule has 0 aromatic rings. The zero-order valence-electron chi connectivity index (χ0n) is 42.6. The average Bonchev–Trinajstić information content (AvgIpc) is 3.33. The predicted molar refractivity (Wildman–Crippen MR) is 288 cm³/mol. The van der Waals surface area contributed by atoms with Crippen molar-refractivity contribution in [2.45, 2.75) is 207 Å². The summed E-state index contributed by atoms with van der Waals surface area (Å²) < 4.78 is 16.7. The molecule has 374 valence electrons. The minimum Gasteiger partial charge on any atom is -0.462 e. The summed E-state index contributed by atoms with van der Waals surface area (Å²) in [6, 6.07) is 0. The fourth-order valence-corrected chi connectivity index (χ4v) is 6.45. The van der Waals surface area contributed by atoms with Crippen LogP contribution in [0.1, 0.15) is 201 Å². The van der Waals surface area contributed by atoms with Gasteiger partial charge in [-0.3, -0.25) is 14.4 Å². The molecule has 0 heterocycles. The van der Waals surface area contributed by atoms with Gasteiger partial charge in [0.2, 0.25) is 0 Å². The van der Waals surface area contributed by atoms with Gasteiger partial charge in [-0.15, -0.1) is 0 Å². The molecule has 0 aromatic heterocycles. The molecule has 0 saturated heterocycles. The lowest BCUT2D eigenvalue weighted by atomic mass is 10.1. The Bertz CT molecular complexity index is 1530. The molecule has 0 bridgehead atoms. The fraction of sp³-hybridized carbons (Fsp3) is 0.557. The van der Waals surface area contributed by atoms with Gasteiger partial charge < -0.3 is 14.2 Å². The Morgan fingerprint density at radius 1 is 0.313 bits per heavy atom. The zero-order chi connectivity index (χ0) is 48.6. The number of allylic oxidation sites excluding steroid dienone is 24. The van der Waals surface area contributed by atoms with E-state index >= 15 is 0 Å². The molecule has 0 saturated carbocycles. The van der Waals surface area contributed by atoms with E-state index in [0.29, 0.717) is 12.8 Å². The summed E-state index contributed by atoms with van der Waals surface area (Å²) in [5.41, 5.74) is 0. The summed E-state index contributed by atoms with van der Waals surface area (Å²) in [6.45, 7) is 6.22. The Morgan fingerprint density at radius 3 is 0.970 bits per heavy atom. The number of hydrogen-bond acceptors (Lipinski definition) is 6. The molecular weight excluding hydrogens is 829 g/mol. The van der Waals surface area contributed by atoms with Crippen LogP contribution in [0.3, 0.4) is 0 Å². The predicted octanol–water partition coefficient (Wildman–Crippen LogP) is 17.6. The monoisotopic (exact) mass is 923 g/mol. The minimum absolute atomic E-state index is 0.149. The van der Waals surface area contributed by atoms with Crippen LogP contribution in [0.5, 0.6) is 0 Å². The number of ether oxygens (including phenoxy) is 3. The van der Waals surface area contributed by atoms with Crippen molar-refractivity contribution in [1.82, 2.24) is 0 Å². The maximum atomic E-state index is 12.8. The van der Waals surface area contributed by atoms with E-state index < -0.39 is 6.10 Å². The number of carbonyl (C=O) groups is 3. The number of carbonyl (C=O) groups excluding carboxylic acids is 3. The first-order valence-corrected chi connectivity index (χ1v) is 26.3. The van der Waals surface area contributed by atoms with Gasteiger partial charge in [0.05, 0.1) is 0 Å². The summed E-state index contributed by atoms with van der Waals surface area (Å²) in [6.07, 6.45) is 77.1. The average molecular weight is 923 g/mol. The van der Waals surface area contributed by atoms with Crippen LogP contribution in [-0.4, -0.2) is 37.2 Å². The highest BCUT2D eigenvalue weighted by molar-refractivity contribution is 5.71. The normalized spacial score (nSPS) is 13.3. The number of esters is 3. The van der Waals surface area contributed by atoms with Crippen LogP contribution in [0.4, 0.5) is 0 Å². The highest BCUT2D eigenvalue weighted by Gasteiger charge is 2.19. The Morgan fingerprint density at radius 2 is 0.612 bits per heavy atom. The molecule has 0 rings (SSSR count). The smallest absolute Gasteiger partial charge is 0.306 e. The zero-order valence-corrected chi connectivity index (χ0v) is 42.6. The first kappa shape index (κ1) is 62.3. The van der Waals surface area contributed by atoms with Gasteiger partial charge in [0.15, 0.2) is 6.10 Å². The second-order valence-corrected chi connectivity index (χ2v) is 16.7. The SMILES string of the molecule is CC/C=C\C/C=C\C/C=C\C/C=C\C/C=C\C/C=C\CCC(=O)OCC(COC(=O)CC/C=C\C/C=C\C/C=C\C/C=C\CC)OC(=O)CCCCCCCCC/C=C\C/C=C\CCCCC. The highest BCUT2D eigenvalue weighted by atomic mass is 16.6. The second-order valence-electron chi connectivity index (χ2n) is 16.7. The van der Waals surface area contributed by atoms with Gasteiger partial charge in [-0.25, -0.2) is 0 Å². The van der Waals surface area contributed by atoms with Crippen molar-refractivity contribution < 1.29 is 28.6 Å². The molecule has 0 N–H and O–H groups in total. The van der Waals surface area contributed by atoms with Crippen LogP contribution in [0.25, 0.3) is 0 Å². The van der Waals surface area contributed by atoms with Gasteiger partial charge in [-0.05, 0) is 116 Å². The van der Waals surface area contributed by atoms with Crippen LogP contribution in [0, 0.1) is 0 Å². The maximum Gasteiger partial charge on any atom is 0.306 e. The van der Waals surface area contributed by atoms with Gasteiger partial charge in [-0.1, -0.05) is 212 Å². The third-order valence-electron chi connectivity index (χ3n) is 10.3. The van der Waals surface area contributed by atoms with Crippen molar-refractivity contribution in [2.75, 3.05) is 13.2 Å². The van der Waals surface area contributed by atoms with E-state index in [1.54, 1.807) is 0 Å².